The molecule has 1 aromatic carbocycles. The lowest BCUT2D eigenvalue weighted by atomic mass is 10.1. The first kappa shape index (κ1) is 17.8. The average Bonchev–Trinajstić information content (AvgIpc) is 3.15. The lowest BCUT2D eigenvalue weighted by molar-refractivity contribution is 0.420. The molecule has 0 aliphatic heterocycles. The van der Waals surface area contributed by atoms with Crippen LogP contribution in [0, 0.1) is 6.92 Å². The zero-order valence-corrected chi connectivity index (χ0v) is 16.0. The zero-order chi connectivity index (χ0) is 16.8. The van der Waals surface area contributed by atoms with Crippen LogP contribution in [0.4, 0.5) is 5.82 Å². The van der Waals surface area contributed by atoms with Gasteiger partial charge in [0.15, 0.2) is 5.82 Å². The first-order valence-corrected chi connectivity index (χ1v) is 8.72. The molecule has 4 aromatic rings. The number of alkyl halides is 1. The summed E-state index contributed by atoms with van der Waals surface area (Å²) in [5.41, 5.74) is 10.0. The summed E-state index contributed by atoms with van der Waals surface area (Å²) < 4.78 is 8.38. The van der Waals surface area contributed by atoms with Crippen molar-refractivity contribution in [2.45, 2.75) is 12.8 Å². The van der Waals surface area contributed by atoms with Crippen LogP contribution in [0.25, 0.3) is 26.0 Å². The number of fused-ring (bicyclic) bond motifs is 2. The Morgan fingerprint density at radius 3 is 2.84 bits per heavy atom. The summed E-state index contributed by atoms with van der Waals surface area (Å²) in [5.74, 6) is 1.70. The van der Waals surface area contributed by atoms with E-state index >= 15 is 0 Å². The van der Waals surface area contributed by atoms with Gasteiger partial charge in [-0.3, -0.25) is 0 Å². The molecule has 5 nitrogen and oxygen atoms in total. The Bertz CT molecular complexity index is 1070. The molecule has 8 heteroatoms. The van der Waals surface area contributed by atoms with E-state index in [1.165, 1.54) is 6.33 Å². The molecule has 0 amide bonds. The number of hydrogen-bond acceptors (Lipinski definition) is 5. The van der Waals surface area contributed by atoms with Crippen LogP contribution in [-0.2, 0) is 5.88 Å². The number of benzene rings is 1. The summed E-state index contributed by atoms with van der Waals surface area (Å²) in [7, 11) is 1.69. The van der Waals surface area contributed by atoms with E-state index < -0.39 is 0 Å². The smallest absolute Gasteiger partial charge is 0.152 e. The first-order chi connectivity index (χ1) is 11.6. The summed E-state index contributed by atoms with van der Waals surface area (Å²) in [6, 6.07) is 6.34. The number of methoxy groups -OCH3 is 1. The number of aryl methyl sites for hydroxylation is 1. The van der Waals surface area contributed by atoms with Crippen LogP contribution >= 0.6 is 35.3 Å². The number of rotatable bonds is 3. The molecule has 0 aliphatic rings. The molecule has 2 N–H and O–H groups in total. The van der Waals surface area contributed by atoms with E-state index in [0.29, 0.717) is 11.7 Å². The molecule has 3 heterocycles. The second-order valence-electron chi connectivity index (χ2n) is 5.60. The maximum atomic E-state index is 6.17. The van der Waals surface area contributed by atoms with Crippen molar-refractivity contribution in [2.75, 3.05) is 12.8 Å². The second-order valence-corrected chi connectivity index (χ2v) is 6.92. The van der Waals surface area contributed by atoms with Crippen LogP contribution in [0.1, 0.15) is 11.1 Å². The Morgan fingerprint density at radius 1 is 1.32 bits per heavy atom. The number of hydrogen-bond donors (Lipinski definition) is 1. The van der Waals surface area contributed by atoms with Gasteiger partial charge in [0, 0.05) is 22.5 Å². The van der Waals surface area contributed by atoms with E-state index in [0.717, 1.165) is 42.9 Å². The number of aromatic nitrogens is 3. The maximum absolute atomic E-state index is 6.17. The van der Waals surface area contributed by atoms with Crippen molar-refractivity contribution in [1.29, 1.82) is 0 Å². The molecule has 0 spiro atoms. The highest BCUT2D eigenvalue weighted by atomic mass is 35.5. The van der Waals surface area contributed by atoms with E-state index in [9.17, 15) is 0 Å². The van der Waals surface area contributed by atoms with Gasteiger partial charge in [0.2, 0.25) is 0 Å². The van der Waals surface area contributed by atoms with Crippen molar-refractivity contribution >= 4 is 56.8 Å². The molecule has 0 fully saturated rings. The monoisotopic (exact) mass is 394 g/mol. The molecule has 0 aliphatic carbocycles. The fraction of sp³-hybridized carbons (Fsp3) is 0.176. The van der Waals surface area contributed by atoms with Gasteiger partial charge in [0.1, 0.15) is 17.6 Å². The normalized spacial score (nSPS) is 11.0. The average molecular weight is 395 g/mol. The fourth-order valence-electron chi connectivity index (χ4n) is 3.00. The van der Waals surface area contributed by atoms with Gasteiger partial charge in [0.05, 0.1) is 11.8 Å². The SMILES string of the molecule is COc1cc(C)cc2cc(-c3c(CCl)cn4ncnc(N)c34)sc12.Cl. The molecule has 4 rings (SSSR count). The molecule has 0 saturated carbocycles. The van der Waals surface area contributed by atoms with Crippen molar-refractivity contribution in [1.82, 2.24) is 14.6 Å². The van der Waals surface area contributed by atoms with Gasteiger partial charge in [-0.25, -0.2) is 9.50 Å². The standard InChI is InChI=1S/C17H15ClN4OS.ClH/c1-9-3-10-5-13(24-16(10)12(4-9)23-2)14-11(6-18)7-22-15(14)17(19)20-8-21-22;/h3-5,7-8H,6H2,1-2H3,(H2,19,20,21);1H. The topological polar surface area (TPSA) is 65.4 Å². The van der Waals surface area contributed by atoms with Crippen molar-refractivity contribution in [3.05, 3.63) is 41.9 Å². The third kappa shape index (κ3) is 2.80. The summed E-state index contributed by atoms with van der Waals surface area (Å²) in [5, 5.41) is 5.39. The molecule has 130 valence electrons. The minimum Gasteiger partial charge on any atom is -0.495 e. The highest BCUT2D eigenvalue weighted by Gasteiger charge is 2.19. The molecule has 25 heavy (non-hydrogen) atoms. The third-order valence-corrected chi connectivity index (χ3v) is 5.49. The van der Waals surface area contributed by atoms with Gasteiger partial charge in [0.25, 0.3) is 0 Å². The van der Waals surface area contributed by atoms with Crippen LogP contribution in [0.2, 0.25) is 0 Å². The predicted molar refractivity (Wildman–Crippen MR) is 106 cm³/mol. The van der Waals surface area contributed by atoms with Crippen LogP contribution in [-0.4, -0.2) is 21.7 Å². The van der Waals surface area contributed by atoms with Gasteiger partial charge in [-0.2, -0.15) is 5.10 Å². The molecule has 3 aromatic heterocycles. The van der Waals surface area contributed by atoms with Crippen LogP contribution in [0.15, 0.2) is 30.7 Å². The highest BCUT2D eigenvalue weighted by Crippen LogP contribution is 2.43. The van der Waals surface area contributed by atoms with E-state index in [4.69, 9.17) is 22.1 Å². The predicted octanol–water partition coefficient (Wildman–Crippen LogP) is 4.67. The van der Waals surface area contributed by atoms with Crippen LogP contribution in [0.5, 0.6) is 5.75 Å². The minimum atomic E-state index is 0. The van der Waals surface area contributed by atoms with Gasteiger partial charge in [-0.05, 0) is 35.6 Å². The molecule has 0 radical (unpaired) electrons. The second kappa shape index (κ2) is 6.71. The van der Waals surface area contributed by atoms with E-state index in [-0.39, 0.29) is 12.4 Å². The highest BCUT2D eigenvalue weighted by molar-refractivity contribution is 7.22. The van der Waals surface area contributed by atoms with E-state index in [1.807, 2.05) is 12.3 Å². The van der Waals surface area contributed by atoms with Crippen LogP contribution < -0.4 is 10.5 Å². The summed E-state index contributed by atoms with van der Waals surface area (Å²) in [6.07, 6.45) is 3.35. The Balaban J connectivity index is 0.00000182. The Morgan fingerprint density at radius 2 is 2.12 bits per heavy atom. The molecule has 0 saturated heterocycles. The Hall–Kier alpha value is -2.02. The quantitative estimate of drug-likeness (QED) is 0.512. The number of ether oxygens (including phenoxy) is 1. The van der Waals surface area contributed by atoms with Crippen molar-refractivity contribution in [2.24, 2.45) is 0 Å². The molecule has 0 atom stereocenters. The zero-order valence-electron chi connectivity index (χ0n) is 13.6. The van der Waals surface area contributed by atoms with Gasteiger partial charge in [-0.15, -0.1) is 35.3 Å². The van der Waals surface area contributed by atoms with Crippen molar-refractivity contribution in [3.8, 4) is 16.2 Å². The van der Waals surface area contributed by atoms with Crippen LogP contribution in [0.3, 0.4) is 0 Å². The van der Waals surface area contributed by atoms with E-state index in [2.05, 4.69) is 29.1 Å². The molecular weight excluding hydrogens is 379 g/mol. The van der Waals surface area contributed by atoms with E-state index in [1.54, 1.807) is 23.0 Å². The Kier molecular flexibility index (Phi) is 4.77. The maximum Gasteiger partial charge on any atom is 0.152 e. The lowest BCUT2D eigenvalue weighted by Gasteiger charge is -2.02. The number of nitrogens with two attached hydrogens (primary N) is 1. The van der Waals surface area contributed by atoms with Gasteiger partial charge < -0.3 is 10.5 Å². The number of nitrogens with zero attached hydrogens (tertiary/aromatic N) is 3. The third-order valence-electron chi connectivity index (χ3n) is 4.02. The summed E-state index contributed by atoms with van der Waals surface area (Å²) >= 11 is 7.83. The fourth-order valence-corrected chi connectivity index (χ4v) is 4.42. The van der Waals surface area contributed by atoms with Crippen molar-refractivity contribution < 1.29 is 4.74 Å². The largest absolute Gasteiger partial charge is 0.495 e. The molecule has 0 bridgehead atoms. The first-order valence-electron chi connectivity index (χ1n) is 7.37. The number of thiophene rings is 1. The summed E-state index contributed by atoms with van der Waals surface area (Å²) in [4.78, 5) is 5.20. The van der Waals surface area contributed by atoms with Gasteiger partial charge in [-0.1, -0.05) is 6.07 Å². The lowest BCUT2D eigenvalue weighted by Crippen LogP contribution is -1.98. The van der Waals surface area contributed by atoms with Crippen molar-refractivity contribution in [3.63, 3.8) is 0 Å². The summed E-state index contributed by atoms with van der Waals surface area (Å²) in [6.45, 7) is 2.06. The number of nitrogen functional groups attached to an aromatic ring is 1. The Labute approximate surface area is 159 Å². The number of anilines is 1. The van der Waals surface area contributed by atoms with Gasteiger partial charge >= 0.3 is 0 Å². The number of halogens is 2. The molecule has 0 unspecified atom stereocenters. The minimum absolute atomic E-state index is 0. The molecular formula is C17H16Cl2N4OS.